The molecule has 0 spiro atoms. The molecule has 0 aliphatic carbocycles. The second-order valence-corrected chi connectivity index (χ2v) is 8.61. The lowest BCUT2D eigenvalue weighted by atomic mass is 10.1. The summed E-state index contributed by atoms with van der Waals surface area (Å²) in [6, 6.07) is 0.464. The molecule has 0 aromatic rings. The summed E-state index contributed by atoms with van der Waals surface area (Å²) in [5.41, 5.74) is 5.00. The number of nitrogens with one attached hydrogen (secondary N) is 1. The first-order valence-electron chi connectivity index (χ1n) is 8.29. The summed E-state index contributed by atoms with van der Waals surface area (Å²) < 4.78 is 16.2. The van der Waals surface area contributed by atoms with E-state index in [-0.39, 0.29) is 0 Å². The van der Waals surface area contributed by atoms with Crippen molar-refractivity contribution in [3.05, 3.63) is 0 Å². The van der Waals surface area contributed by atoms with Crippen LogP contribution in [-0.2, 0) is 13.3 Å². The highest BCUT2D eigenvalue weighted by atomic mass is 28.4. The minimum absolute atomic E-state index is 0.428. The SMILES string of the molecule is CO[Si](CCCCCCCCCCCNC(N)=O)(OC)OC. The Kier molecular flexibility index (Phi) is 13.6. The van der Waals surface area contributed by atoms with Gasteiger partial charge in [-0.1, -0.05) is 44.9 Å². The maximum Gasteiger partial charge on any atom is 0.500 e. The zero-order chi connectivity index (χ0) is 16.7. The molecular formula is C15H34N2O4Si. The fourth-order valence-electron chi connectivity index (χ4n) is 2.47. The predicted molar refractivity (Wildman–Crippen MR) is 90.7 cm³/mol. The maximum atomic E-state index is 10.5. The number of rotatable bonds is 15. The molecule has 0 bridgehead atoms. The van der Waals surface area contributed by atoms with Crippen LogP contribution in [0.4, 0.5) is 4.79 Å². The predicted octanol–water partition coefficient (Wildman–Crippen LogP) is 3.04. The summed E-state index contributed by atoms with van der Waals surface area (Å²) in [5, 5.41) is 2.61. The van der Waals surface area contributed by atoms with Gasteiger partial charge in [0.2, 0.25) is 0 Å². The van der Waals surface area contributed by atoms with Crippen molar-refractivity contribution in [2.45, 2.75) is 63.8 Å². The van der Waals surface area contributed by atoms with Gasteiger partial charge in [0.15, 0.2) is 0 Å². The highest BCUT2D eigenvalue weighted by Gasteiger charge is 2.36. The summed E-state index contributed by atoms with van der Waals surface area (Å²) in [4.78, 5) is 10.5. The molecule has 22 heavy (non-hydrogen) atoms. The molecule has 0 aromatic heterocycles. The van der Waals surface area contributed by atoms with E-state index in [9.17, 15) is 4.79 Å². The number of unbranched alkanes of at least 4 members (excludes halogenated alkanes) is 8. The summed E-state index contributed by atoms with van der Waals surface area (Å²) >= 11 is 0. The number of primary amides is 1. The van der Waals surface area contributed by atoms with Gasteiger partial charge in [-0.3, -0.25) is 0 Å². The first-order chi connectivity index (χ1) is 10.6. The summed E-state index contributed by atoms with van der Waals surface area (Å²) in [6.45, 7) is 0.694. The smallest absolute Gasteiger partial charge is 0.377 e. The largest absolute Gasteiger partial charge is 0.500 e. The highest BCUT2D eigenvalue weighted by molar-refractivity contribution is 6.60. The van der Waals surface area contributed by atoms with Gasteiger partial charge in [0.05, 0.1) is 0 Å². The van der Waals surface area contributed by atoms with E-state index in [0.717, 1.165) is 25.3 Å². The summed E-state index contributed by atoms with van der Waals surface area (Å²) in [5.74, 6) is 0. The third-order valence-electron chi connectivity index (χ3n) is 3.89. The first-order valence-corrected chi connectivity index (χ1v) is 10.2. The minimum Gasteiger partial charge on any atom is -0.377 e. The van der Waals surface area contributed by atoms with Crippen LogP contribution < -0.4 is 11.1 Å². The molecular weight excluding hydrogens is 300 g/mol. The van der Waals surface area contributed by atoms with Crippen LogP contribution in [0.25, 0.3) is 0 Å². The van der Waals surface area contributed by atoms with Gasteiger partial charge < -0.3 is 24.3 Å². The number of hydrogen-bond donors (Lipinski definition) is 2. The monoisotopic (exact) mass is 334 g/mol. The van der Waals surface area contributed by atoms with Gasteiger partial charge in [0.1, 0.15) is 0 Å². The fraction of sp³-hybridized carbons (Fsp3) is 0.933. The van der Waals surface area contributed by atoms with Gasteiger partial charge in [0.25, 0.3) is 0 Å². The zero-order valence-corrected chi connectivity index (χ0v) is 15.5. The van der Waals surface area contributed by atoms with Crippen molar-refractivity contribution in [1.82, 2.24) is 5.32 Å². The molecule has 0 rings (SSSR count). The molecule has 132 valence electrons. The average Bonchev–Trinajstić information content (AvgIpc) is 2.52. The van der Waals surface area contributed by atoms with Gasteiger partial charge in [0, 0.05) is 33.9 Å². The Balaban J connectivity index is 3.32. The van der Waals surface area contributed by atoms with E-state index >= 15 is 0 Å². The molecule has 0 heterocycles. The molecule has 0 saturated heterocycles. The Hall–Kier alpha value is -0.633. The Morgan fingerprint density at radius 1 is 0.818 bits per heavy atom. The molecule has 0 atom stereocenters. The number of hydrogen-bond acceptors (Lipinski definition) is 4. The van der Waals surface area contributed by atoms with E-state index in [0.29, 0.717) is 6.54 Å². The average molecular weight is 335 g/mol. The lowest BCUT2D eigenvalue weighted by Gasteiger charge is -2.24. The quantitative estimate of drug-likeness (QED) is 0.356. The van der Waals surface area contributed by atoms with E-state index in [4.69, 9.17) is 19.0 Å². The molecule has 0 saturated carbocycles. The Labute approximate surface area is 136 Å². The maximum absolute atomic E-state index is 10.5. The Morgan fingerprint density at radius 3 is 1.64 bits per heavy atom. The summed E-state index contributed by atoms with van der Waals surface area (Å²) in [6.07, 6.45) is 10.8. The van der Waals surface area contributed by atoms with Gasteiger partial charge in [-0.05, 0) is 12.8 Å². The van der Waals surface area contributed by atoms with E-state index in [1.807, 2.05) is 0 Å². The van der Waals surface area contributed by atoms with Crippen LogP contribution in [0.2, 0.25) is 6.04 Å². The standard InChI is InChI=1S/C15H34N2O4Si/c1-19-22(20-2,21-3)14-12-10-8-6-4-5-7-9-11-13-17-15(16)18/h4-14H2,1-3H3,(H3,16,17,18). The van der Waals surface area contributed by atoms with E-state index in [1.54, 1.807) is 21.3 Å². The first kappa shape index (κ1) is 21.4. The molecule has 0 unspecified atom stereocenters. The second kappa shape index (κ2) is 14.0. The molecule has 0 radical (unpaired) electrons. The Bertz CT molecular complexity index is 268. The normalized spacial score (nSPS) is 11.6. The van der Waals surface area contributed by atoms with Crippen molar-refractivity contribution >= 4 is 14.8 Å². The van der Waals surface area contributed by atoms with Gasteiger partial charge in [-0.15, -0.1) is 0 Å². The van der Waals surface area contributed by atoms with Crippen LogP contribution in [0.3, 0.4) is 0 Å². The molecule has 0 aliphatic heterocycles. The third-order valence-corrected chi connectivity index (χ3v) is 6.72. The minimum atomic E-state index is -2.36. The van der Waals surface area contributed by atoms with Crippen molar-refractivity contribution in [2.24, 2.45) is 5.73 Å². The van der Waals surface area contributed by atoms with Crippen LogP contribution in [0.1, 0.15) is 57.8 Å². The highest BCUT2D eigenvalue weighted by Crippen LogP contribution is 2.18. The van der Waals surface area contributed by atoms with E-state index in [2.05, 4.69) is 5.32 Å². The molecule has 3 N–H and O–H groups in total. The fourth-order valence-corrected chi connectivity index (χ4v) is 4.27. The van der Waals surface area contributed by atoms with Crippen LogP contribution in [0.15, 0.2) is 0 Å². The van der Waals surface area contributed by atoms with Crippen LogP contribution in [0.5, 0.6) is 0 Å². The van der Waals surface area contributed by atoms with Crippen molar-refractivity contribution in [2.75, 3.05) is 27.9 Å². The molecule has 2 amide bonds. The van der Waals surface area contributed by atoms with Crippen LogP contribution >= 0.6 is 0 Å². The van der Waals surface area contributed by atoms with Crippen LogP contribution in [-0.4, -0.2) is 42.7 Å². The second-order valence-electron chi connectivity index (χ2n) is 5.52. The van der Waals surface area contributed by atoms with Gasteiger partial charge in [-0.25, -0.2) is 4.79 Å². The van der Waals surface area contributed by atoms with Crippen molar-refractivity contribution in [3.63, 3.8) is 0 Å². The van der Waals surface area contributed by atoms with Crippen molar-refractivity contribution in [1.29, 1.82) is 0 Å². The van der Waals surface area contributed by atoms with E-state index < -0.39 is 14.8 Å². The number of carbonyl (C=O) groups is 1. The Morgan fingerprint density at radius 2 is 1.23 bits per heavy atom. The molecule has 0 aliphatic rings. The molecule has 7 heteroatoms. The number of amides is 2. The molecule has 0 fully saturated rings. The summed E-state index contributed by atoms with van der Waals surface area (Å²) in [7, 11) is 2.64. The van der Waals surface area contributed by atoms with Gasteiger partial charge in [-0.2, -0.15) is 0 Å². The lowest BCUT2D eigenvalue weighted by molar-refractivity contribution is 0.122. The van der Waals surface area contributed by atoms with Gasteiger partial charge >= 0.3 is 14.8 Å². The van der Waals surface area contributed by atoms with E-state index in [1.165, 1.54) is 38.5 Å². The molecule has 6 nitrogen and oxygen atoms in total. The number of carbonyl (C=O) groups excluding carboxylic acids is 1. The van der Waals surface area contributed by atoms with Crippen LogP contribution in [0, 0.1) is 0 Å². The zero-order valence-electron chi connectivity index (χ0n) is 14.5. The third kappa shape index (κ3) is 11.0. The lowest BCUT2D eigenvalue weighted by Crippen LogP contribution is -2.42. The molecule has 0 aromatic carbocycles. The number of nitrogens with two attached hydrogens (primary N) is 1. The van der Waals surface area contributed by atoms with Crippen molar-refractivity contribution in [3.8, 4) is 0 Å². The van der Waals surface area contributed by atoms with Crippen molar-refractivity contribution < 1.29 is 18.1 Å². The number of urea groups is 1. The topological polar surface area (TPSA) is 82.8 Å².